The molecular formula is C13H8Br2ClN2NaO3S. The average molecular weight is 491 g/mol. The van der Waals surface area contributed by atoms with Crippen LogP contribution in [0.3, 0.4) is 0 Å². The number of amides is 1. The number of aromatic nitrogens is 1. The number of hydrogen-bond donors (Lipinski definition) is 0. The van der Waals surface area contributed by atoms with Crippen LogP contribution in [0.25, 0.3) is 4.72 Å². The van der Waals surface area contributed by atoms with Gasteiger partial charge in [0.25, 0.3) is 0 Å². The topological polar surface area (TPSA) is 78.2 Å². The van der Waals surface area contributed by atoms with Crippen LogP contribution in [-0.2, 0) is 10.0 Å². The van der Waals surface area contributed by atoms with Crippen LogP contribution in [0.4, 0.5) is 0 Å². The van der Waals surface area contributed by atoms with E-state index in [1.807, 2.05) is 6.92 Å². The molecule has 116 valence electrons. The molecule has 1 aromatic carbocycles. The van der Waals surface area contributed by atoms with Gasteiger partial charge in [-0.2, -0.15) is 0 Å². The van der Waals surface area contributed by atoms with Crippen molar-refractivity contribution in [3.05, 3.63) is 60.4 Å². The molecule has 0 aliphatic carbocycles. The van der Waals surface area contributed by atoms with E-state index in [0.29, 0.717) is 8.95 Å². The molecule has 2 aromatic rings. The summed E-state index contributed by atoms with van der Waals surface area (Å²) in [7, 11) is -4.17. The Balaban J connectivity index is 0.00000264. The van der Waals surface area contributed by atoms with Gasteiger partial charge in [-0.15, -0.1) is 0 Å². The first-order valence-electron chi connectivity index (χ1n) is 5.80. The van der Waals surface area contributed by atoms with Crippen LogP contribution >= 0.6 is 43.5 Å². The van der Waals surface area contributed by atoms with E-state index in [0.717, 1.165) is 11.8 Å². The third-order valence-corrected chi connectivity index (χ3v) is 5.64. The Morgan fingerprint density at radius 1 is 1.22 bits per heavy atom. The summed E-state index contributed by atoms with van der Waals surface area (Å²) in [5, 5.41) is 0.117. The van der Waals surface area contributed by atoms with Gasteiger partial charge in [-0.05, 0) is 40.5 Å². The van der Waals surface area contributed by atoms with E-state index in [1.165, 1.54) is 12.1 Å². The zero-order valence-electron chi connectivity index (χ0n) is 12.0. The first-order chi connectivity index (χ1) is 10.2. The zero-order chi connectivity index (χ0) is 16.5. The molecule has 23 heavy (non-hydrogen) atoms. The second-order valence-corrected chi connectivity index (χ2v) is 7.97. The minimum atomic E-state index is -4.17. The van der Waals surface area contributed by atoms with E-state index in [4.69, 9.17) is 11.6 Å². The largest absolute Gasteiger partial charge is 1.00 e. The number of hydrogen-bond acceptors (Lipinski definition) is 4. The summed E-state index contributed by atoms with van der Waals surface area (Å²) in [4.78, 5) is 15.6. The normalized spacial score (nSPS) is 10.8. The van der Waals surface area contributed by atoms with E-state index in [1.54, 1.807) is 12.1 Å². The molecule has 1 aromatic heterocycles. The third kappa shape index (κ3) is 5.26. The van der Waals surface area contributed by atoms with Crippen molar-refractivity contribution in [2.24, 2.45) is 0 Å². The van der Waals surface area contributed by atoms with Crippen LogP contribution in [0.1, 0.15) is 15.9 Å². The SMILES string of the molecule is Cc1ccc(C(=O)[N-]S(=O)(=O)c2cnc(Cl)c(Br)c2)c(Br)c1.[Na+]. The number of carbonyl (C=O) groups is 1. The van der Waals surface area contributed by atoms with Crippen molar-refractivity contribution in [1.82, 2.24) is 4.98 Å². The maximum absolute atomic E-state index is 12.2. The number of pyridine rings is 1. The molecular weight excluding hydrogens is 482 g/mol. The van der Waals surface area contributed by atoms with Crippen LogP contribution in [0.15, 0.2) is 44.3 Å². The molecule has 0 aliphatic heterocycles. The van der Waals surface area contributed by atoms with Crippen molar-refractivity contribution >= 4 is 59.4 Å². The fourth-order valence-corrected chi connectivity index (χ4v) is 3.69. The Bertz CT molecular complexity index is 862. The van der Waals surface area contributed by atoms with E-state index < -0.39 is 15.9 Å². The molecule has 0 atom stereocenters. The summed E-state index contributed by atoms with van der Waals surface area (Å²) >= 11 is 12.0. The van der Waals surface area contributed by atoms with Gasteiger partial charge in [-0.1, -0.05) is 39.7 Å². The number of nitrogens with zero attached hydrogens (tertiary/aromatic N) is 2. The summed E-state index contributed by atoms with van der Waals surface area (Å²) < 4.78 is 28.4. The molecule has 0 spiro atoms. The smallest absolute Gasteiger partial charge is 0.537 e. The van der Waals surface area contributed by atoms with Gasteiger partial charge < -0.3 is 9.52 Å². The quantitative estimate of drug-likeness (QED) is 0.482. The summed E-state index contributed by atoms with van der Waals surface area (Å²) in [5.74, 6) is -0.863. The van der Waals surface area contributed by atoms with E-state index in [2.05, 4.69) is 41.6 Å². The molecule has 0 aliphatic rings. The fraction of sp³-hybridized carbons (Fsp3) is 0.0769. The van der Waals surface area contributed by atoms with E-state index in [9.17, 15) is 13.2 Å². The van der Waals surface area contributed by atoms with E-state index >= 15 is 0 Å². The molecule has 0 radical (unpaired) electrons. The molecule has 10 heteroatoms. The Kier molecular flexibility index (Phi) is 7.72. The van der Waals surface area contributed by atoms with Gasteiger partial charge >= 0.3 is 29.6 Å². The Morgan fingerprint density at radius 2 is 1.87 bits per heavy atom. The molecule has 0 bridgehead atoms. The maximum Gasteiger partial charge on any atom is 1.00 e. The first-order valence-corrected chi connectivity index (χ1v) is 9.20. The Labute approximate surface area is 177 Å². The van der Waals surface area contributed by atoms with Crippen molar-refractivity contribution in [3.63, 3.8) is 0 Å². The van der Waals surface area contributed by atoms with Crippen molar-refractivity contribution < 1.29 is 42.8 Å². The average Bonchev–Trinajstić information content (AvgIpc) is 2.40. The van der Waals surface area contributed by atoms with Crippen molar-refractivity contribution in [1.29, 1.82) is 0 Å². The van der Waals surface area contributed by atoms with Crippen LogP contribution in [0, 0.1) is 6.92 Å². The summed E-state index contributed by atoms with van der Waals surface area (Å²) in [5.41, 5.74) is 1.09. The number of sulfonamides is 1. The van der Waals surface area contributed by atoms with Gasteiger partial charge in [-0.25, -0.2) is 13.4 Å². The molecule has 0 unspecified atom stereocenters. The minimum absolute atomic E-state index is 0. The molecule has 0 fully saturated rings. The molecule has 2 rings (SSSR count). The predicted octanol–water partition coefficient (Wildman–Crippen LogP) is 1.48. The van der Waals surface area contributed by atoms with Crippen LogP contribution in [-0.4, -0.2) is 19.3 Å². The fourth-order valence-electron chi connectivity index (χ4n) is 1.55. The van der Waals surface area contributed by atoms with Crippen molar-refractivity contribution in [3.8, 4) is 0 Å². The summed E-state index contributed by atoms with van der Waals surface area (Å²) in [6.45, 7) is 1.85. The Hall–Kier alpha value is 0.0400. The third-order valence-electron chi connectivity index (χ3n) is 2.63. The van der Waals surface area contributed by atoms with Crippen LogP contribution in [0.5, 0.6) is 0 Å². The number of rotatable bonds is 3. The predicted molar refractivity (Wildman–Crippen MR) is 90.7 cm³/mol. The van der Waals surface area contributed by atoms with Gasteiger partial charge in [0.15, 0.2) is 0 Å². The summed E-state index contributed by atoms with van der Waals surface area (Å²) in [6.07, 6.45) is 1.05. The number of benzene rings is 1. The van der Waals surface area contributed by atoms with Gasteiger partial charge in [0.1, 0.15) is 15.2 Å². The second kappa shape index (κ2) is 8.42. The molecule has 1 heterocycles. The second-order valence-electron chi connectivity index (χ2n) is 4.30. The van der Waals surface area contributed by atoms with E-state index in [-0.39, 0.29) is 45.2 Å². The van der Waals surface area contributed by atoms with Crippen LogP contribution < -0.4 is 29.6 Å². The van der Waals surface area contributed by atoms with Crippen molar-refractivity contribution in [2.45, 2.75) is 11.8 Å². The molecule has 5 nitrogen and oxygen atoms in total. The van der Waals surface area contributed by atoms with Gasteiger partial charge in [0, 0.05) is 16.2 Å². The molecule has 0 saturated heterocycles. The number of carbonyl (C=O) groups excluding carboxylic acids is 1. The monoisotopic (exact) mass is 488 g/mol. The van der Waals surface area contributed by atoms with Crippen molar-refractivity contribution in [2.75, 3.05) is 0 Å². The van der Waals surface area contributed by atoms with Gasteiger partial charge in [0.2, 0.25) is 0 Å². The zero-order valence-corrected chi connectivity index (χ0v) is 18.8. The molecule has 0 N–H and O–H groups in total. The molecule has 0 saturated carbocycles. The standard InChI is InChI=1S/C13H9Br2ClN2O3S.Na/c1-7-2-3-9(10(14)4-7)13(19)18-22(20,21)8-5-11(15)12(16)17-6-8;/h2-6H,1H3,(H,18,19);/q;+1/p-1. The van der Waals surface area contributed by atoms with Gasteiger partial charge in [0.05, 0.1) is 15.3 Å². The van der Waals surface area contributed by atoms with Gasteiger partial charge in [-0.3, -0.25) is 0 Å². The Morgan fingerprint density at radius 3 is 2.43 bits per heavy atom. The number of halogens is 3. The first kappa shape index (κ1) is 21.1. The minimum Gasteiger partial charge on any atom is -0.537 e. The number of aryl methyl sites for hydroxylation is 1. The molecule has 1 amide bonds. The maximum atomic E-state index is 12.2. The van der Waals surface area contributed by atoms with Crippen LogP contribution in [0.2, 0.25) is 5.15 Å². The summed E-state index contributed by atoms with van der Waals surface area (Å²) in [6, 6.07) is 6.15.